The van der Waals surface area contributed by atoms with Crippen LogP contribution in [-0.4, -0.2) is 19.2 Å². The summed E-state index contributed by atoms with van der Waals surface area (Å²) in [6.45, 7) is 2.11. The van der Waals surface area contributed by atoms with Gasteiger partial charge >= 0.3 is 6.09 Å². The number of rotatable bonds is 3. The van der Waals surface area contributed by atoms with Gasteiger partial charge in [0, 0.05) is 12.2 Å². The lowest BCUT2D eigenvalue weighted by Gasteiger charge is -2.10. The first-order valence-electron chi connectivity index (χ1n) is 7.16. The van der Waals surface area contributed by atoms with E-state index in [4.69, 9.17) is 4.74 Å². The quantitative estimate of drug-likeness (QED) is 0.905. The number of para-hydroxylation sites is 1. The standard InChI is InChI=1S/C17H18N2O2.ClH/c20-17(21-16-4-2-1-3-5-16)19-15-8-6-13(7-9-15)14-10-11-18-12-14;/h1-9,14,18H,10-12H2,(H,19,20);1H. The van der Waals surface area contributed by atoms with Crippen molar-refractivity contribution < 1.29 is 9.53 Å². The van der Waals surface area contributed by atoms with E-state index in [9.17, 15) is 4.79 Å². The zero-order chi connectivity index (χ0) is 14.5. The first-order valence-corrected chi connectivity index (χ1v) is 7.16. The summed E-state index contributed by atoms with van der Waals surface area (Å²) in [5.41, 5.74) is 2.05. The Hall–Kier alpha value is -2.04. The van der Waals surface area contributed by atoms with E-state index in [1.54, 1.807) is 12.1 Å². The molecule has 1 heterocycles. The molecular formula is C17H19ClN2O2. The average Bonchev–Trinajstić information content (AvgIpc) is 3.03. The van der Waals surface area contributed by atoms with Crippen molar-refractivity contribution in [2.24, 2.45) is 0 Å². The molecule has 1 aliphatic heterocycles. The Morgan fingerprint density at radius 3 is 2.45 bits per heavy atom. The van der Waals surface area contributed by atoms with Crippen LogP contribution in [0.2, 0.25) is 0 Å². The minimum atomic E-state index is -0.475. The summed E-state index contributed by atoms with van der Waals surface area (Å²) in [5.74, 6) is 1.11. The maximum Gasteiger partial charge on any atom is 0.417 e. The van der Waals surface area contributed by atoms with Crippen molar-refractivity contribution in [2.75, 3.05) is 18.4 Å². The molecule has 4 nitrogen and oxygen atoms in total. The molecule has 116 valence electrons. The van der Waals surface area contributed by atoms with Crippen LogP contribution in [0.4, 0.5) is 10.5 Å². The van der Waals surface area contributed by atoms with Gasteiger partial charge in [0.1, 0.15) is 5.75 Å². The molecule has 0 aliphatic carbocycles. The maximum atomic E-state index is 11.8. The van der Waals surface area contributed by atoms with Crippen molar-refractivity contribution >= 4 is 24.2 Å². The normalized spacial score (nSPS) is 16.6. The fourth-order valence-electron chi connectivity index (χ4n) is 2.52. The molecule has 3 rings (SSSR count). The second-order valence-electron chi connectivity index (χ2n) is 5.14. The summed E-state index contributed by atoms with van der Waals surface area (Å²) in [6, 6.07) is 17.0. The molecular weight excluding hydrogens is 300 g/mol. The predicted molar refractivity (Wildman–Crippen MR) is 90.0 cm³/mol. The first kappa shape index (κ1) is 16.3. The Morgan fingerprint density at radius 1 is 1.09 bits per heavy atom. The molecule has 1 saturated heterocycles. The topological polar surface area (TPSA) is 50.4 Å². The summed E-state index contributed by atoms with van der Waals surface area (Å²) in [6.07, 6.45) is 0.694. The molecule has 2 aromatic rings. The van der Waals surface area contributed by atoms with E-state index in [1.165, 1.54) is 12.0 Å². The summed E-state index contributed by atoms with van der Waals surface area (Å²) in [4.78, 5) is 11.8. The van der Waals surface area contributed by atoms with Gasteiger partial charge in [-0.05, 0) is 48.7 Å². The van der Waals surface area contributed by atoms with Crippen LogP contribution in [0.3, 0.4) is 0 Å². The molecule has 0 radical (unpaired) electrons. The Morgan fingerprint density at radius 2 is 1.82 bits per heavy atom. The molecule has 1 fully saturated rings. The van der Waals surface area contributed by atoms with Crippen LogP contribution < -0.4 is 15.4 Å². The maximum absolute atomic E-state index is 11.8. The summed E-state index contributed by atoms with van der Waals surface area (Å²) in [5, 5.41) is 6.09. The van der Waals surface area contributed by atoms with E-state index in [0.29, 0.717) is 11.7 Å². The molecule has 1 atom stereocenters. The van der Waals surface area contributed by atoms with E-state index in [1.807, 2.05) is 30.3 Å². The minimum absolute atomic E-state index is 0. The third kappa shape index (κ3) is 4.23. The van der Waals surface area contributed by atoms with Crippen molar-refractivity contribution in [3.05, 3.63) is 60.2 Å². The molecule has 5 heteroatoms. The highest BCUT2D eigenvalue weighted by Gasteiger charge is 2.16. The van der Waals surface area contributed by atoms with Gasteiger partial charge < -0.3 is 10.1 Å². The van der Waals surface area contributed by atoms with Gasteiger partial charge in [-0.3, -0.25) is 5.32 Å². The zero-order valence-electron chi connectivity index (χ0n) is 12.1. The average molecular weight is 319 g/mol. The van der Waals surface area contributed by atoms with Crippen molar-refractivity contribution in [1.82, 2.24) is 5.32 Å². The Bertz CT molecular complexity index is 596. The van der Waals surface area contributed by atoms with Gasteiger partial charge in [0.05, 0.1) is 0 Å². The first-order chi connectivity index (χ1) is 10.3. The monoisotopic (exact) mass is 318 g/mol. The van der Waals surface area contributed by atoms with E-state index in [0.717, 1.165) is 18.8 Å². The van der Waals surface area contributed by atoms with Gasteiger partial charge in [-0.1, -0.05) is 30.3 Å². The number of anilines is 1. The van der Waals surface area contributed by atoms with Gasteiger partial charge in [-0.2, -0.15) is 0 Å². The lowest BCUT2D eigenvalue weighted by Crippen LogP contribution is -2.16. The van der Waals surface area contributed by atoms with Crippen LogP contribution in [0.5, 0.6) is 5.75 Å². The molecule has 1 aliphatic rings. The van der Waals surface area contributed by atoms with Gasteiger partial charge in [0.15, 0.2) is 0 Å². The second kappa shape index (κ2) is 7.82. The summed E-state index contributed by atoms with van der Waals surface area (Å²) >= 11 is 0. The summed E-state index contributed by atoms with van der Waals surface area (Å²) < 4.78 is 5.19. The molecule has 2 aromatic carbocycles. The van der Waals surface area contributed by atoms with Gasteiger partial charge in [-0.25, -0.2) is 4.79 Å². The smallest absolute Gasteiger partial charge is 0.410 e. The van der Waals surface area contributed by atoms with Crippen LogP contribution in [-0.2, 0) is 0 Å². The number of ether oxygens (including phenoxy) is 1. The third-order valence-corrected chi connectivity index (χ3v) is 3.64. The van der Waals surface area contributed by atoms with Crippen molar-refractivity contribution in [3.8, 4) is 5.75 Å². The van der Waals surface area contributed by atoms with Crippen molar-refractivity contribution in [1.29, 1.82) is 0 Å². The van der Waals surface area contributed by atoms with Crippen LogP contribution >= 0.6 is 12.4 Å². The van der Waals surface area contributed by atoms with Crippen LogP contribution in [0.1, 0.15) is 17.9 Å². The molecule has 0 aromatic heterocycles. The zero-order valence-corrected chi connectivity index (χ0v) is 12.9. The molecule has 0 spiro atoms. The fourth-order valence-corrected chi connectivity index (χ4v) is 2.52. The molecule has 22 heavy (non-hydrogen) atoms. The minimum Gasteiger partial charge on any atom is -0.410 e. The number of hydrogen-bond donors (Lipinski definition) is 2. The highest BCUT2D eigenvalue weighted by Crippen LogP contribution is 2.23. The van der Waals surface area contributed by atoms with Crippen molar-refractivity contribution in [3.63, 3.8) is 0 Å². The number of carbonyl (C=O) groups excluding carboxylic acids is 1. The Labute approximate surface area is 136 Å². The predicted octanol–water partition coefficient (Wildman–Crippen LogP) is 3.80. The highest BCUT2D eigenvalue weighted by atomic mass is 35.5. The molecule has 0 saturated carbocycles. The summed E-state index contributed by atoms with van der Waals surface area (Å²) in [7, 11) is 0. The van der Waals surface area contributed by atoms with Crippen LogP contribution in [0, 0.1) is 0 Å². The number of halogens is 1. The van der Waals surface area contributed by atoms with E-state index in [2.05, 4.69) is 22.8 Å². The van der Waals surface area contributed by atoms with Gasteiger partial charge in [0.2, 0.25) is 0 Å². The van der Waals surface area contributed by atoms with Crippen molar-refractivity contribution in [2.45, 2.75) is 12.3 Å². The van der Waals surface area contributed by atoms with Crippen LogP contribution in [0.25, 0.3) is 0 Å². The highest BCUT2D eigenvalue weighted by molar-refractivity contribution is 5.86. The largest absolute Gasteiger partial charge is 0.417 e. The van der Waals surface area contributed by atoms with Gasteiger partial charge in [0.25, 0.3) is 0 Å². The Balaban J connectivity index is 0.00000176. The number of carbonyl (C=O) groups is 1. The van der Waals surface area contributed by atoms with E-state index >= 15 is 0 Å². The number of amides is 1. The third-order valence-electron chi connectivity index (χ3n) is 3.64. The molecule has 0 bridgehead atoms. The lowest BCUT2D eigenvalue weighted by atomic mass is 9.98. The number of hydrogen-bond acceptors (Lipinski definition) is 3. The number of benzene rings is 2. The fraction of sp³-hybridized carbons (Fsp3) is 0.235. The van der Waals surface area contributed by atoms with E-state index in [-0.39, 0.29) is 12.4 Å². The number of nitrogens with one attached hydrogen (secondary N) is 2. The molecule has 1 unspecified atom stereocenters. The van der Waals surface area contributed by atoms with E-state index < -0.39 is 6.09 Å². The van der Waals surface area contributed by atoms with Crippen LogP contribution in [0.15, 0.2) is 54.6 Å². The Kier molecular flexibility index (Phi) is 5.81. The molecule has 1 amide bonds. The SMILES string of the molecule is Cl.O=C(Nc1ccc(C2CCNC2)cc1)Oc1ccccc1. The second-order valence-corrected chi connectivity index (χ2v) is 5.14. The van der Waals surface area contributed by atoms with Gasteiger partial charge in [-0.15, -0.1) is 12.4 Å². The lowest BCUT2D eigenvalue weighted by molar-refractivity contribution is 0.215. The molecule has 2 N–H and O–H groups in total.